The summed E-state index contributed by atoms with van der Waals surface area (Å²) in [6.07, 6.45) is 7.05. The van der Waals surface area contributed by atoms with Gasteiger partial charge in [-0.05, 0) is 74.5 Å². The molecule has 0 aliphatic carbocycles. The van der Waals surface area contributed by atoms with Gasteiger partial charge >= 0.3 is 0 Å². The molecule has 6 nitrogen and oxygen atoms in total. The fourth-order valence-corrected chi connectivity index (χ4v) is 6.61. The predicted octanol–water partition coefficient (Wildman–Crippen LogP) is 4.46. The second kappa shape index (κ2) is 12.1. The summed E-state index contributed by atoms with van der Waals surface area (Å²) < 4.78 is 6.59. The molecule has 1 aliphatic rings. The van der Waals surface area contributed by atoms with E-state index in [1.807, 2.05) is 48.7 Å². The predicted molar refractivity (Wildman–Crippen MR) is 137 cm³/mol. The molecule has 0 bridgehead atoms. The third-order valence-electron chi connectivity index (χ3n) is 6.79. The minimum atomic E-state index is 0.245. The molecule has 0 saturated carbocycles. The molecule has 1 aromatic carbocycles. The third-order valence-corrected chi connectivity index (χ3v) is 8.73. The van der Waals surface area contributed by atoms with Crippen molar-refractivity contribution in [3.8, 4) is 5.75 Å². The zero-order valence-electron chi connectivity index (χ0n) is 19.4. The number of hydrogen-bond acceptors (Lipinski definition) is 8. The van der Waals surface area contributed by atoms with E-state index in [0.717, 1.165) is 65.6 Å². The summed E-state index contributed by atoms with van der Waals surface area (Å²) in [5.41, 5.74) is 2.25. The Balaban J connectivity index is 1.34. The number of aromatic nitrogens is 2. The second-order valence-corrected chi connectivity index (χ2v) is 10.9. The van der Waals surface area contributed by atoms with Crippen LogP contribution in [-0.2, 0) is 0 Å². The summed E-state index contributed by atoms with van der Waals surface area (Å²) in [6.45, 7) is 3.41. The molecule has 1 saturated heterocycles. The summed E-state index contributed by atoms with van der Waals surface area (Å²) >= 11 is 3.53. The Bertz CT molecular complexity index is 1000. The molecule has 1 fully saturated rings. The number of hydrogen-bond donors (Lipinski definition) is 2. The maximum atomic E-state index is 10.1. The minimum absolute atomic E-state index is 0.245. The number of rotatable bonds is 11. The van der Waals surface area contributed by atoms with Gasteiger partial charge in [-0.1, -0.05) is 11.8 Å². The number of nitrogens with zero attached hydrogens (tertiary/aromatic N) is 3. The zero-order valence-corrected chi connectivity index (χ0v) is 21.1. The summed E-state index contributed by atoms with van der Waals surface area (Å²) in [4.78, 5) is 11.4. The first-order chi connectivity index (χ1) is 16.2. The lowest BCUT2D eigenvalue weighted by molar-refractivity contribution is 0.0696. The van der Waals surface area contributed by atoms with Crippen molar-refractivity contribution in [2.24, 2.45) is 11.8 Å². The van der Waals surface area contributed by atoms with Gasteiger partial charge in [-0.15, -0.1) is 11.3 Å². The van der Waals surface area contributed by atoms with Gasteiger partial charge in [-0.25, -0.2) is 4.98 Å². The van der Waals surface area contributed by atoms with E-state index in [4.69, 9.17) is 4.74 Å². The molecule has 0 amide bonds. The number of thioether (sulfide) groups is 1. The Hall–Kier alpha value is -1.71. The number of likely N-dealkylation sites (tertiary alicyclic amines) is 1. The topological polar surface area (TPSA) is 70.5 Å². The van der Waals surface area contributed by atoms with Gasteiger partial charge in [0.05, 0.1) is 12.6 Å². The van der Waals surface area contributed by atoms with Crippen LogP contribution in [0.2, 0.25) is 0 Å². The highest BCUT2D eigenvalue weighted by molar-refractivity contribution is 8.01. The molecule has 0 spiro atoms. The Labute approximate surface area is 204 Å². The van der Waals surface area contributed by atoms with Gasteiger partial charge in [0.1, 0.15) is 10.1 Å². The van der Waals surface area contributed by atoms with Gasteiger partial charge in [0.15, 0.2) is 0 Å². The number of piperidine rings is 1. The Morgan fingerprint density at radius 2 is 2.18 bits per heavy atom. The number of fused-ring (bicyclic) bond motifs is 1. The van der Waals surface area contributed by atoms with Gasteiger partial charge in [-0.3, -0.25) is 4.98 Å². The van der Waals surface area contributed by atoms with Crippen molar-refractivity contribution in [1.29, 1.82) is 0 Å². The van der Waals surface area contributed by atoms with Crippen LogP contribution in [-0.4, -0.2) is 66.1 Å². The molecule has 4 rings (SSSR count). The monoisotopic (exact) mass is 486 g/mol. The molecule has 2 N–H and O–H groups in total. The molecule has 8 heteroatoms. The van der Waals surface area contributed by atoms with E-state index in [1.165, 1.54) is 5.56 Å². The number of thiazole rings is 1. The molecule has 3 heterocycles. The third kappa shape index (κ3) is 6.25. The molecule has 1 unspecified atom stereocenters. The second-order valence-electron chi connectivity index (χ2n) is 8.64. The fourth-order valence-electron chi connectivity index (χ4n) is 4.90. The maximum Gasteiger partial charge on any atom is 0.149 e. The highest BCUT2D eigenvalue weighted by Gasteiger charge is 2.29. The quantitative estimate of drug-likeness (QED) is 0.388. The van der Waals surface area contributed by atoms with E-state index in [0.29, 0.717) is 11.8 Å². The Morgan fingerprint density at radius 1 is 1.27 bits per heavy atom. The van der Waals surface area contributed by atoms with E-state index < -0.39 is 0 Å². The van der Waals surface area contributed by atoms with E-state index in [1.54, 1.807) is 18.4 Å². The van der Waals surface area contributed by atoms with Crippen LogP contribution >= 0.6 is 23.1 Å². The summed E-state index contributed by atoms with van der Waals surface area (Å²) in [5.74, 6) is 2.80. The number of nitrogens with one attached hydrogen (secondary N) is 1. The fraction of sp³-hybridized carbons (Fsp3) is 0.520. The van der Waals surface area contributed by atoms with E-state index in [2.05, 4.69) is 32.3 Å². The zero-order chi connectivity index (χ0) is 23.0. The standard InChI is InChI=1S/C25H34N4O2S2/c1-26-23(21-7-9-27-24-6-4-20(31-2)15-22(21)24)5-3-18-8-11-29(16-19(18)17-30)12-14-33-25-28-10-13-32-25/h4,6-7,9-10,13,15,18-19,23,26,30H,3,5,8,11-12,14,16-17H2,1-2H3/t18-,19-,23?/m1/s1. The van der Waals surface area contributed by atoms with Crippen LogP contribution in [0.15, 0.2) is 46.4 Å². The summed E-state index contributed by atoms with van der Waals surface area (Å²) in [6, 6.07) is 8.43. The number of ether oxygens (including phenoxy) is 1. The molecule has 178 valence electrons. The van der Waals surface area contributed by atoms with Crippen LogP contribution < -0.4 is 10.1 Å². The van der Waals surface area contributed by atoms with Gasteiger partial charge < -0.3 is 20.1 Å². The van der Waals surface area contributed by atoms with E-state index in [9.17, 15) is 5.11 Å². The van der Waals surface area contributed by atoms with Gasteiger partial charge in [0.2, 0.25) is 0 Å². The van der Waals surface area contributed by atoms with Gasteiger partial charge in [-0.2, -0.15) is 0 Å². The number of aliphatic hydroxyl groups excluding tert-OH is 1. The van der Waals surface area contributed by atoms with E-state index >= 15 is 0 Å². The van der Waals surface area contributed by atoms with E-state index in [-0.39, 0.29) is 12.6 Å². The smallest absolute Gasteiger partial charge is 0.149 e. The first-order valence-electron chi connectivity index (χ1n) is 11.7. The average Bonchev–Trinajstić information content (AvgIpc) is 3.38. The van der Waals surface area contributed by atoms with Crippen LogP contribution in [0.3, 0.4) is 0 Å². The molecule has 33 heavy (non-hydrogen) atoms. The Kier molecular flexibility index (Phi) is 8.97. The minimum Gasteiger partial charge on any atom is -0.497 e. The lowest BCUT2D eigenvalue weighted by Gasteiger charge is -2.38. The number of methoxy groups -OCH3 is 1. The molecule has 1 aliphatic heterocycles. The summed E-state index contributed by atoms with van der Waals surface area (Å²) in [5, 5.41) is 16.8. The maximum absolute atomic E-state index is 10.1. The number of aliphatic hydroxyl groups is 1. The normalized spacial score (nSPS) is 20.2. The number of pyridine rings is 1. The molecular weight excluding hydrogens is 452 g/mol. The van der Waals surface area contributed by atoms with Crippen molar-refractivity contribution in [1.82, 2.24) is 20.2 Å². The first-order valence-corrected chi connectivity index (χ1v) is 13.5. The van der Waals surface area contributed by atoms with Crippen molar-refractivity contribution in [2.75, 3.05) is 46.2 Å². The van der Waals surface area contributed by atoms with Gasteiger partial charge in [0, 0.05) is 54.7 Å². The van der Waals surface area contributed by atoms with Crippen molar-refractivity contribution in [2.45, 2.75) is 29.6 Å². The lowest BCUT2D eigenvalue weighted by atomic mass is 9.81. The summed E-state index contributed by atoms with van der Waals surface area (Å²) in [7, 11) is 3.73. The van der Waals surface area contributed by atoms with Crippen LogP contribution in [0.4, 0.5) is 0 Å². The highest BCUT2D eigenvalue weighted by atomic mass is 32.2. The van der Waals surface area contributed by atoms with Crippen molar-refractivity contribution in [3.63, 3.8) is 0 Å². The lowest BCUT2D eigenvalue weighted by Crippen LogP contribution is -2.43. The number of benzene rings is 1. The molecule has 3 aromatic rings. The molecule has 0 radical (unpaired) electrons. The van der Waals surface area contributed by atoms with Crippen LogP contribution in [0.1, 0.15) is 30.9 Å². The van der Waals surface area contributed by atoms with Crippen molar-refractivity contribution < 1.29 is 9.84 Å². The van der Waals surface area contributed by atoms with Gasteiger partial charge in [0.25, 0.3) is 0 Å². The largest absolute Gasteiger partial charge is 0.497 e. The van der Waals surface area contributed by atoms with Crippen molar-refractivity contribution in [3.05, 3.63) is 47.6 Å². The Morgan fingerprint density at radius 3 is 2.94 bits per heavy atom. The van der Waals surface area contributed by atoms with Crippen LogP contribution in [0, 0.1) is 11.8 Å². The molecule has 2 aromatic heterocycles. The SMILES string of the molecule is CNC(CC[C@@H]1CCN(CCSc2nccs2)C[C@@H]1CO)c1ccnc2ccc(OC)cc12. The molecule has 3 atom stereocenters. The van der Waals surface area contributed by atoms with Crippen LogP contribution in [0.25, 0.3) is 10.9 Å². The van der Waals surface area contributed by atoms with Crippen LogP contribution in [0.5, 0.6) is 5.75 Å². The highest BCUT2D eigenvalue weighted by Crippen LogP contribution is 2.33. The first kappa shape index (κ1) is 24.4. The molecular formula is C25H34N4O2S2. The van der Waals surface area contributed by atoms with Crippen molar-refractivity contribution >= 4 is 34.0 Å². The average molecular weight is 487 g/mol.